The summed E-state index contributed by atoms with van der Waals surface area (Å²) in [6, 6.07) is 3.98. The van der Waals surface area contributed by atoms with Crippen molar-refractivity contribution < 1.29 is 9.18 Å². The molecule has 0 saturated carbocycles. The van der Waals surface area contributed by atoms with Crippen LogP contribution in [0, 0.1) is 11.7 Å². The maximum atomic E-state index is 13.1. The van der Waals surface area contributed by atoms with E-state index in [1.807, 2.05) is 0 Å². The van der Waals surface area contributed by atoms with Gasteiger partial charge in [0.2, 0.25) is 0 Å². The van der Waals surface area contributed by atoms with E-state index in [2.05, 4.69) is 0 Å². The lowest BCUT2D eigenvalue weighted by atomic mass is 9.94. The summed E-state index contributed by atoms with van der Waals surface area (Å²) in [6.45, 7) is 0. The van der Waals surface area contributed by atoms with Gasteiger partial charge in [0.05, 0.1) is 0 Å². The first-order valence-corrected chi connectivity index (χ1v) is 6.51. The third kappa shape index (κ3) is 2.38. The summed E-state index contributed by atoms with van der Waals surface area (Å²) in [5.41, 5.74) is 6.42. The molecule has 2 rings (SSSR count). The smallest absolute Gasteiger partial charge is 0.168 e. The molecule has 1 atom stereocenters. The van der Waals surface area contributed by atoms with Crippen LogP contribution in [-0.4, -0.2) is 17.3 Å². The highest BCUT2D eigenvalue weighted by molar-refractivity contribution is 7.99. The van der Waals surface area contributed by atoms with Gasteiger partial charge in [-0.05, 0) is 36.8 Å². The average Bonchev–Trinajstić information content (AvgIpc) is 2.32. The summed E-state index contributed by atoms with van der Waals surface area (Å²) in [5, 5.41) is 0. The van der Waals surface area contributed by atoms with Crippen molar-refractivity contribution in [2.24, 2.45) is 5.92 Å². The highest BCUT2D eigenvalue weighted by Gasteiger charge is 2.24. The van der Waals surface area contributed by atoms with Gasteiger partial charge in [-0.25, -0.2) is 4.39 Å². The molecule has 1 aliphatic rings. The largest absolute Gasteiger partial charge is 0.398 e. The van der Waals surface area contributed by atoms with Gasteiger partial charge in [-0.1, -0.05) is 0 Å². The molecular formula is C12H14FNOS. The molecule has 2 N–H and O–H groups in total. The van der Waals surface area contributed by atoms with Crippen molar-refractivity contribution in [1.82, 2.24) is 0 Å². The van der Waals surface area contributed by atoms with E-state index in [1.54, 1.807) is 11.8 Å². The van der Waals surface area contributed by atoms with E-state index in [0.29, 0.717) is 11.3 Å². The third-order valence-electron chi connectivity index (χ3n) is 2.81. The van der Waals surface area contributed by atoms with Gasteiger partial charge in [0.25, 0.3) is 0 Å². The number of rotatable bonds is 2. The Kier molecular flexibility index (Phi) is 3.49. The Morgan fingerprint density at radius 2 is 2.31 bits per heavy atom. The van der Waals surface area contributed by atoms with Gasteiger partial charge in [0.1, 0.15) is 5.82 Å². The molecule has 1 aromatic carbocycles. The van der Waals surface area contributed by atoms with Crippen molar-refractivity contribution in [3.8, 4) is 0 Å². The SMILES string of the molecule is Nc1ccc(F)cc1C(=O)C1CCCSC1. The Balaban J connectivity index is 2.22. The van der Waals surface area contributed by atoms with E-state index in [-0.39, 0.29) is 11.7 Å². The zero-order chi connectivity index (χ0) is 11.5. The zero-order valence-electron chi connectivity index (χ0n) is 8.91. The number of thioether (sulfide) groups is 1. The minimum absolute atomic E-state index is 0.00264. The molecule has 0 bridgehead atoms. The van der Waals surface area contributed by atoms with E-state index < -0.39 is 5.82 Å². The minimum Gasteiger partial charge on any atom is -0.398 e. The van der Waals surface area contributed by atoms with E-state index in [0.717, 1.165) is 24.3 Å². The second-order valence-electron chi connectivity index (χ2n) is 4.01. The molecule has 1 aliphatic heterocycles. The summed E-state index contributed by atoms with van der Waals surface area (Å²) in [7, 11) is 0. The molecule has 1 fully saturated rings. The maximum Gasteiger partial charge on any atom is 0.168 e. The van der Waals surface area contributed by atoms with Crippen LogP contribution in [0.4, 0.5) is 10.1 Å². The molecule has 0 aliphatic carbocycles. The maximum absolute atomic E-state index is 13.1. The number of anilines is 1. The van der Waals surface area contributed by atoms with Crippen LogP contribution in [-0.2, 0) is 0 Å². The Bertz CT molecular complexity index is 402. The lowest BCUT2D eigenvalue weighted by Gasteiger charge is -2.20. The van der Waals surface area contributed by atoms with E-state index in [1.165, 1.54) is 18.2 Å². The standard InChI is InChI=1S/C12H14FNOS/c13-9-3-4-11(14)10(6-9)12(15)8-2-1-5-16-7-8/h3-4,6,8H,1-2,5,7,14H2. The average molecular weight is 239 g/mol. The number of nitrogens with two attached hydrogens (primary N) is 1. The summed E-state index contributed by atoms with van der Waals surface area (Å²) >= 11 is 1.78. The molecule has 0 radical (unpaired) electrons. The third-order valence-corrected chi connectivity index (χ3v) is 4.03. The number of carbonyl (C=O) groups is 1. The van der Waals surface area contributed by atoms with Gasteiger partial charge in [-0.2, -0.15) is 11.8 Å². The molecule has 1 aromatic rings. The van der Waals surface area contributed by atoms with Crippen LogP contribution in [0.5, 0.6) is 0 Å². The normalized spacial score (nSPS) is 20.7. The topological polar surface area (TPSA) is 43.1 Å². The van der Waals surface area contributed by atoms with Crippen molar-refractivity contribution in [3.05, 3.63) is 29.6 Å². The predicted octanol–water partition coefficient (Wildman–Crippen LogP) is 2.73. The summed E-state index contributed by atoms with van der Waals surface area (Å²) in [6.07, 6.45) is 1.94. The van der Waals surface area contributed by atoms with Gasteiger partial charge in [0, 0.05) is 22.9 Å². The Labute approximate surface area is 98.4 Å². The van der Waals surface area contributed by atoms with Crippen molar-refractivity contribution in [2.75, 3.05) is 17.2 Å². The number of halogens is 1. The fourth-order valence-corrected chi connectivity index (χ4v) is 3.05. The molecule has 16 heavy (non-hydrogen) atoms. The highest BCUT2D eigenvalue weighted by Crippen LogP contribution is 2.27. The second-order valence-corrected chi connectivity index (χ2v) is 5.16. The van der Waals surface area contributed by atoms with Gasteiger partial charge in [0.15, 0.2) is 5.78 Å². The summed E-state index contributed by atoms with van der Waals surface area (Å²) in [5.74, 6) is 1.53. The summed E-state index contributed by atoms with van der Waals surface area (Å²) < 4.78 is 13.1. The van der Waals surface area contributed by atoms with Crippen LogP contribution in [0.1, 0.15) is 23.2 Å². The number of hydrogen-bond donors (Lipinski definition) is 1. The molecule has 1 saturated heterocycles. The number of carbonyl (C=O) groups excluding carboxylic acids is 1. The fourth-order valence-electron chi connectivity index (χ4n) is 1.91. The van der Waals surface area contributed by atoms with Gasteiger partial charge < -0.3 is 5.73 Å². The Morgan fingerprint density at radius 1 is 1.50 bits per heavy atom. The molecule has 0 aromatic heterocycles. The lowest BCUT2D eigenvalue weighted by Crippen LogP contribution is -2.22. The van der Waals surface area contributed by atoms with Crippen molar-refractivity contribution in [1.29, 1.82) is 0 Å². The second kappa shape index (κ2) is 4.87. The Morgan fingerprint density at radius 3 is 3.00 bits per heavy atom. The zero-order valence-corrected chi connectivity index (χ0v) is 9.73. The van der Waals surface area contributed by atoms with Gasteiger partial charge in [-0.3, -0.25) is 4.79 Å². The van der Waals surface area contributed by atoms with E-state index in [4.69, 9.17) is 5.73 Å². The van der Waals surface area contributed by atoms with Crippen molar-refractivity contribution >= 4 is 23.2 Å². The van der Waals surface area contributed by atoms with Crippen LogP contribution in [0.25, 0.3) is 0 Å². The molecule has 1 unspecified atom stereocenters. The van der Waals surface area contributed by atoms with Crippen LogP contribution in [0.3, 0.4) is 0 Å². The number of Topliss-reactive ketones (excluding diaryl/α,β-unsaturated/α-hetero) is 1. The van der Waals surface area contributed by atoms with Crippen LogP contribution >= 0.6 is 11.8 Å². The first-order chi connectivity index (χ1) is 7.68. The molecule has 2 nitrogen and oxygen atoms in total. The van der Waals surface area contributed by atoms with E-state index >= 15 is 0 Å². The molecule has 0 amide bonds. The quantitative estimate of drug-likeness (QED) is 0.637. The van der Waals surface area contributed by atoms with Crippen LogP contribution in [0.15, 0.2) is 18.2 Å². The predicted molar refractivity (Wildman–Crippen MR) is 65.2 cm³/mol. The summed E-state index contributed by atoms with van der Waals surface area (Å²) in [4.78, 5) is 12.1. The lowest BCUT2D eigenvalue weighted by molar-refractivity contribution is 0.0925. The molecular weight excluding hydrogens is 225 g/mol. The highest BCUT2D eigenvalue weighted by atomic mass is 32.2. The Hall–Kier alpha value is -1.03. The number of ketones is 1. The number of nitrogen functional groups attached to an aromatic ring is 1. The molecule has 86 valence electrons. The van der Waals surface area contributed by atoms with Gasteiger partial charge in [-0.15, -0.1) is 0 Å². The number of benzene rings is 1. The first kappa shape index (κ1) is 11.5. The molecule has 0 spiro atoms. The monoisotopic (exact) mass is 239 g/mol. The van der Waals surface area contributed by atoms with Crippen molar-refractivity contribution in [2.45, 2.75) is 12.8 Å². The number of hydrogen-bond acceptors (Lipinski definition) is 3. The molecule has 1 heterocycles. The van der Waals surface area contributed by atoms with Crippen LogP contribution in [0.2, 0.25) is 0 Å². The minimum atomic E-state index is -0.402. The van der Waals surface area contributed by atoms with Crippen LogP contribution < -0.4 is 5.73 Å². The molecule has 4 heteroatoms. The first-order valence-electron chi connectivity index (χ1n) is 5.35. The van der Waals surface area contributed by atoms with Gasteiger partial charge >= 0.3 is 0 Å². The van der Waals surface area contributed by atoms with Crippen molar-refractivity contribution in [3.63, 3.8) is 0 Å². The fraction of sp³-hybridized carbons (Fsp3) is 0.417. The van der Waals surface area contributed by atoms with E-state index in [9.17, 15) is 9.18 Å².